The van der Waals surface area contributed by atoms with Gasteiger partial charge in [0.15, 0.2) is 23.8 Å². The Kier molecular flexibility index (Phi) is 7.96. The Labute approximate surface area is 172 Å². The normalized spacial score (nSPS) is 13.6. The average Bonchev–Trinajstić information content (AvgIpc) is 2.75. The molecule has 4 nitrogen and oxygen atoms in total. The van der Waals surface area contributed by atoms with Crippen molar-refractivity contribution in [1.29, 1.82) is 0 Å². The number of benzene rings is 2. The lowest BCUT2D eigenvalue weighted by molar-refractivity contribution is -0.120. The van der Waals surface area contributed by atoms with Gasteiger partial charge < -0.3 is 9.47 Å². The van der Waals surface area contributed by atoms with Crippen molar-refractivity contribution in [3.8, 4) is 11.5 Å². The molecule has 4 heteroatoms. The molecule has 0 amide bonds. The summed E-state index contributed by atoms with van der Waals surface area (Å²) in [6.07, 6.45) is 4.68. The van der Waals surface area contributed by atoms with Gasteiger partial charge in [0.25, 0.3) is 0 Å². The number of rotatable bonds is 11. The van der Waals surface area contributed by atoms with Gasteiger partial charge in [0.2, 0.25) is 0 Å². The second kappa shape index (κ2) is 10.4. The van der Waals surface area contributed by atoms with Gasteiger partial charge in [-0.05, 0) is 67.8 Å². The molecular formula is C25H26O4. The molecular weight excluding hydrogens is 364 g/mol. The van der Waals surface area contributed by atoms with Crippen molar-refractivity contribution in [3.63, 3.8) is 0 Å². The third-order valence-electron chi connectivity index (χ3n) is 4.54. The van der Waals surface area contributed by atoms with Crippen molar-refractivity contribution in [2.75, 3.05) is 0 Å². The Morgan fingerprint density at radius 3 is 1.41 bits per heavy atom. The van der Waals surface area contributed by atoms with Gasteiger partial charge in [0, 0.05) is 5.92 Å². The highest BCUT2D eigenvalue weighted by atomic mass is 16.5. The summed E-state index contributed by atoms with van der Waals surface area (Å²) in [5, 5.41) is 0. The molecule has 0 N–H and O–H groups in total. The van der Waals surface area contributed by atoms with Crippen LogP contribution >= 0.6 is 0 Å². The first-order valence-corrected chi connectivity index (χ1v) is 9.42. The SMILES string of the molecule is C=CC(=O)C(C)Oc1ccc(C([C]C)c2ccc(OC(C)C(=O)C=C)cc2)cc1. The van der Waals surface area contributed by atoms with Crippen molar-refractivity contribution < 1.29 is 19.1 Å². The summed E-state index contributed by atoms with van der Waals surface area (Å²) in [6.45, 7) is 12.2. The number of ether oxygens (including phenoxy) is 2. The van der Waals surface area contributed by atoms with Crippen LogP contribution < -0.4 is 9.47 Å². The van der Waals surface area contributed by atoms with E-state index < -0.39 is 12.2 Å². The van der Waals surface area contributed by atoms with Crippen LogP contribution in [-0.2, 0) is 9.59 Å². The zero-order valence-electron chi connectivity index (χ0n) is 17.1. The smallest absolute Gasteiger partial charge is 0.195 e. The van der Waals surface area contributed by atoms with E-state index in [4.69, 9.17) is 9.47 Å². The zero-order valence-corrected chi connectivity index (χ0v) is 17.1. The highest BCUT2D eigenvalue weighted by Gasteiger charge is 2.16. The number of hydrogen-bond acceptors (Lipinski definition) is 4. The van der Waals surface area contributed by atoms with Crippen LogP contribution in [0, 0.1) is 6.42 Å². The average molecular weight is 390 g/mol. The molecule has 0 bridgehead atoms. The maximum Gasteiger partial charge on any atom is 0.195 e. The van der Waals surface area contributed by atoms with Gasteiger partial charge in [-0.1, -0.05) is 44.3 Å². The molecule has 29 heavy (non-hydrogen) atoms. The van der Waals surface area contributed by atoms with E-state index in [0.717, 1.165) is 11.1 Å². The van der Waals surface area contributed by atoms with E-state index in [2.05, 4.69) is 19.6 Å². The third-order valence-corrected chi connectivity index (χ3v) is 4.54. The van der Waals surface area contributed by atoms with Gasteiger partial charge in [-0.3, -0.25) is 9.59 Å². The fraction of sp³-hybridized carbons (Fsp3) is 0.240. The van der Waals surface area contributed by atoms with Crippen molar-refractivity contribution in [2.45, 2.75) is 38.9 Å². The lowest BCUT2D eigenvalue weighted by atomic mass is 9.89. The van der Waals surface area contributed by atoms with Gasteiger partial charge in [-0.25, -0.2) is 0 Å². The summed E-state index contributed by atoms with van der Waals surface area (Å²) < 4.78 is 11.3. The minimum absolute atomic E-state index is 0.0300. The van der Waals surface area contributed by atoms with Gasteiger partial charge in [0.1, 0.15) is 11.5 Å². The Bertz CT molecular complexity index is 778. The molecule has 2 unspecified atom stereocenters. The van der Waals surface area contributed by atoms with Crippen molar-refractivity contribution in [2.24, 2.45) is 0 Å². The molecule has 0 saturated carbocycles. The monoisotopic (exact) mass is 390 g/mol. The summed E-state index contributed by atoms with van der Waals surface area (Å²) in [6, 6.07) is 15.2. The van der Waals surface area contributed by atoms with Crippen molar-refractivity contribution in [3.05, 3.63) is 91.4 Å². The highest BCUT2D eigenvalue weighted by Crippen LogP contribution is 2.30. The van der Waals surface area contributed by atoms with Gasteiger partial charge in [0.05, 0.1) is 0 Å². The quantitative estimate of drug-likeness (QED) is 0.509. The molecule has 0 aliphatic rings. The minimum Gasteiger partial charge on any atom is -0.483 e. The second-order valence-corrected chi connectivity index (χ2v) is 6.59. The largest absolute Gasteiger partial charge is 0.483 e. The Balaban J connectivity index is 2.10. The molecule has 0 fully saturated rings. The second-order valence-electron chi connectivity index (χ2n) is 6.59. The fourth-order valence-corrected chi connectivity index (χ4v) is 2.86. The molecule has 2 rings (SSSR count). The van der Waals surface area contributed by atoms with Gasteiger partial charge >= 0.3 is 0 Å². The van der Waals surface area contributed by atoms with E-state index in [1.807, 2.05) is 55.5 Å². The summed E-state index contributed by atoms with van der Waals surface area (Å²) in [5.41, 5.74) is 2.10. The van der Waals surface area contributed by atoms with Crippen LogP contribution in [-0.4, -0.2) is 23.8 Å². The van der Waals surface area contributed by atoms with Crippen LogP contribution in [0.15, 0.2) is 73.8 Å². The van der Waals surface area contributed by atoms with Crippen LogP contribution in [0.4, 0.5) is 0 Å². The molecule has 150 valence electrons. The first kappa shape index (κ1) is 22.2. The summed E-state index contributed by atoms with van der Waals surface area (Å²) >= 11 is 0. The highest BCUT2D eigenvalue weighted by molar-refractivity contribution is 5.93. The van der Waals surface area contributed by atoms with Crippen molar-refractivity contribution in [1.82, 2.24) is 0 Å². The molecule has 2 aromatic rings. The Morgan fingerprint density at radius 1 is 0.793 bits per heavy atom. The molecule has 2 atom stereocenters. The molecule has 2 aromatic carbocycles. The number of carbonyl (C=O) groups excluding carboxylic acids is 2. The minimum atomic E-state index is -0.568. The molecule has 0 heterocycles. The summed E-state index contributed by atoms with van der Waals surface area (Å²) in [5.74, 6) is 0.895. The molecule has 0 aromatic heterocycles. The van der Waals surface area contributed by atoms with Crippen LogP contribution in [0.2, 0.25) is 0 Å². The first-order valence-electron chi connectivity index (χ1n) is 9.42. The predicted octanol–water partition coefficient (Wildman–Crippen LogP) is 4.96. The van der Waals surface area contributed by atoms with E-state index in [-0.39, 0.29) is 17.5 Å². The van der Waals surface area contributed by atoms with Gasteiger partial charge in [-0.2, -0.15) is 0 Å². The predicted molar refractivity (Wildman–Crippen MR) is 114 cm³/mol. The third kappa shape index (κ3) is 5.92. The Hall–Kier alpha value is -3.14. The Morgan fingerprint density at radius 2 is 1.14 bits per heavy atom. The van der Waals surface area contributed by atoms with E-state index in [1.165, 1.54) is 12.2 Å². The van der Waals surface area contributed by atoms with E-state index >= 15 is 0 Å². The van der Waals surface area contributed by atoms with E-state index in [0.29, 0.717) is 11.5 Å². The summed E-state index contributed by atoms with van der Waals surface area (Å²) in [7, 11) is 0. The van der Waals surface area contributed by atoms with Crippen LogP contribution in [0.3, 0.4) is 0 Å². The number of carbonyl (C=O) groups is 2. The van der Waals surface area contributed by atoms with Crippen LogP contribution in [0.5, 0.6) is 11.5 Å². The fourth-order valence-electron chi connectivity index (χ4n) is 2.86. The maximum atomic E-state index is 11.6. The standard InChI is InChI=1S/C25H26O4/c1-6-23(19-9-13-21(14-10-19)28-17(4)24(26)7-2)20-11-15-22(16-12-20)29-18(5)25(27)8-3/h7-18,23H,2-3H2,1,4-5H3. The van der Waals surface area contributed by atoms with Crippen molar-refractivity contribution >= 4 is 11.6 Å². The summed E-state index contributed by atoms with van der Waals surface area (Å²) in [4.78, 5) is 23.2. The maximum absolute atomic E-state index is 11.6. The van der Waals surface area contributed by atoms with Crippen LogP contribution in [0.1, 0.15) is 37.8 Å². The lowest BCUT2D eigenvalue weighted by Gasteiger charge is -2.18. The molecule has 0 spiro atoms. The first-order chi connectivity index (χ1) is 13.9. The molecule has 0 saturated heterocycles. The van der Waals surface area contributed by atoms with E-state index in [1.54, 1.807) is 13.8 Å². The topological polar surface area (TPSA) is 52.6 Å². The molecule has 0 aliphatic carbocycles. The molecule has 0 aliphatic heterocycles. The van der Waals surface area contributed by atoms with E-state index in [9.17, 15) is 9.59 Å². The number of ketones is 2. The van der Waals surface area contributed by atoms with Gasteiger partial charge in [-0.15, -0.1) is 0 Å². The van der Waals surface area contributed by atoms with Crippen LogP contribution in [0.25, 0.3) is 0 Å². The number of hydrogen-bond donors (Lipinski definition) is 0. The molecule has 2 radical (unpaired) electrons. The zero-order chi connectivity index (χ0) is 21.4. The lowest BCUT2D eigenvalue weighted by Crippen LogP contribution is -2.21.